The largest absolute Gasteiger partial charge is 0.345 e. The Balaban J connectivity index is 1.50. The predicted molar refractivity (Wildman–Crippen MR) is 97.6 cm³/mol. The summed E-state index contributed by atoms with van der Waals surface area (Å²) in [5, 5.41) is 12.6. The molecule has 3 heterocycles. The topological polar surface area (TPSA) is 63.9 Å². The van der Waals surface area contributed by atoms with E-state index in [-0.39, 0.29) is 5.91 Å². The van der Waals surface area contributed by atoms with Crippen LogP contribution in [0.2, 0.25) is 5.02 Å². The molecule has 0 bridgehead atoms. The van der Waals surface area contributed by atoms with Crippen LogP contribution in [0, 0.1) is 0 Å². The van der Waals surface area contributed by atoms with Crippen molar-refractivity contribution < 1.29 is 4.79 Å². The standard InChI is InChI=1S/C18H20ClN5O/c1-23-16-8-13(19)4-3-12(16)7-17(23)18(25)21-10-14-9-15-11-20-5-2-6-24(15)22-14/h3-4,7-9,20H,2,5-6,10-11H2,1H3,(H,21,25). The summed E-state index contributed by atoms with van der Waals surface area (Å²) >= 11 is 6.05. The minimum atomic E-state index is -0.115. The van der Waals surface area contributed by atoms with Crippen molar-refractivity contribution in [2.75, 3.05) is 6.54 Å². The molecule has 4 rings (SSSR count). The molecule has 2 N–H and O–H groups in total. The van der Waals surface area contributed by atoms with E-state index < -0.39 is 0 Å². The van der Waals surface area contributed by atoms with Crippen LogP contribution in [-0.4, -0.2) is 26.8 Å². The first kappa shape index (κ1) is 16.2. The summed E-state index contributed by atoms with van der Waals surface area (Å²) in [6.45, 7) is 3.17. The molecule has 0 aliphatic carbocycles. The van der Waals surface area contributed by atoms with Gasteiger partial charge in [0.1, 0.15) is 5.69 Å². The van der Waals surface area contributed by atoms with Gasteiger partial charge in [-0.25, -0.2) is 0 Å². The molecule has 0 unspecified atom stereocenters. The van der Waals surface area contributed by atoms with Crippen molar-refractivity contribution in [2.45, 2.75) is 26.1 Å². The normalized spacial score (nSPS) is 14.3. The number of benzene rings is 1. The second-order valence-corrected chi connectivity index (χ2v) is 6.79. The van der Waals surface area contributed by atoms with Gasteiger partial charge in [-0.1, -0.05) is 17.7 Å². The zero-order chi connectivity index (χ0) is 17.4. The average Bonchev–Trinajstić information content (AvgIpc) is 3.06. The van der Waals surface area contributed by atoms with Crippen LogP contribution in [0.3, 0.4) is 0 Å². The summed E-state index contributed by atoms with van der Waals surface area (Å²) in [6, 6.07) is 9.56. The molecule has 1 aliphatic rings. The molecule has 0 radical (unpaired) electrons. The first-order chi connectivity index (χ1) is 12.1. The van der Waals surface area contributed by atoms with Gasteiger partial charge in [0.15, 0.2) is 0 Å². The number of amides is 1. The van der Waals surface area contributed by atoms with Crippen molar-refractivity contribution in [3.63, 3.8) is 0 Å². The third kappa shape index (κ3) is 3.15. The first-order valence-electron chi connectivity index (χ1n) is 8.41. The molecule has 1 aromatic carbocycles. The maximum absolute atomic E-state index is 12.6. The Bertz CT molecular complexity index is 919. The number of fused-ring (bicyclic) bond motifs is 2. The summed E-state index contributed by atoms with van der Waals surface area (Å²) in [5.74, 6) is -0.115. The van der Waals surface area contributed by atoms with Crippen LogP contribution < -0.4 is 10.6 Å². The molecule has 1 amide bonds. The van der Waals surface area contributed by atoms with Crippen LogP contribution >= 0.6 is 11.6 Å². The lowest BCUT2D eigenvalue weighted by atomic mass is 10.2. The summed E-state index contributed by atoms with van der Waals surface area (Å²) in [6.07, 6.45) is 1.07. The smallest absolute Gasteiger partial charge is 0.268 e. The zero-order valence-electron chi connectivity index (χ0n) is 14.1. The SMILES string of the molecule is Cn1c(C(=O)NCc2cc3n(n2)CCCNC3)cc2ccc(Cl)cc21. The molecular weight excluding hydrogens is 338 g/mol. The molecule has 25 heavy (non-hydrogen) atoms. The van der Waals surface area contributed by atoms with Gasteiger partial charge in [0, 0.05) is 36.1 Å². The molecule has 6 nitrogen and oxygen atoms in total. The maximum atomic E-state index is 12.6. The van der Waals surface area contributed by atoms with Gasteiger partial charge < -0.3 is 15.2 Å². The quantitative estimate of drug-likeness (QED) is 0.756. The van der Waals surface area contributed by atoms with Crippen LogP contribution in [0.25, 0.3) is 10.9 Å². The lowest BCUT2D eigenvalue weighted by molar-refractivity contribution is 0.0942. The number of aryl methyl sites for hydroxylation is 2. The number of hydrogen-bond acceptors (Lipinski definition) is 3. The Morgan fingerprint density at radius 2 is 2.24 bits per heavy atom. The molecule has 2 aromatic heterocycles. The van der Waals surface area contributed by atoms with Gasteiger partial charge in [-0.2, -0.15) is 5.10 Å². The third-order valence-corrected chi connectivity index (χ3v) is 4.85. The van der Waals surface area contributed by atoms with E-state index in [0.717, 1.165) is 42.7 Å². The fourth-order valence-corrected chi connectivity index (χ4v) is 3.46. The number of nitrogens with one attached hydrogen (secondary N) is 2. The third-order valence-electron chi connectivity index (χ3n) is 4.61. The van der Waals surface area contributed by atoms with E-state index in [9.17, 15) is 4.79 Å². The van der Waals surface area contributed by atoms with Crippen LogP contribution in [0.15, 0.2) is 30.3 Å². The van der Waals surface area contributed by atoms with Gasteiger partial charge >= 0.3 is 0 Å². The Hall–Kier alpha value is -2.31. The lowest BCUT2D eigenvalue weighted by Gasteiger charge is -2.05. The van der Waals surface area contributed by atoms with Gasteiger partial charge in [-0.05, 0) is 37.2 Å². The minimum absolute atomic E-state index is 0.115. The number of carbonyl (C=O) groups excluding carboxylic acids is 1. The van der Waals surface area contributed by atoms with Crippen molar-refractivity contribution >= 4 is 28.4 Å². The van der Waals surface area contributed by atoms with Crippen LogP contribution in [0.5, 0.6) is 0 Å². The number of rotatable bonds is 3. The highest BCUT2D eigenvalue weighted by molar-refractivity contribution is 6.31. The monoisotopic (exact) mass is 357 g/mol. The van der Waals surface area contributed by atoms with Crippen molar-refractivity contribution in [3.05, 3.63) is 52.4 Å². The molecular formula is C18H20ClN5O. The van der Waals surface area contributed by atoms with Gasteiger partial charge in [-0.3, -0.25) is 9.48 Å². The number of nitrogens with zero attached hydrogens (tertiary/aromatic N) is 3. The molecule has 3 aromatic rings. The van der Waals surface area contributed by atoms with E-state index in [1.807, 2.05) is 40.6 Å². The summed E-state index contributed by atoms with van der Waals surface area (Å²) in [4.78, 5) is 12.6. The van der Waals surface area contributed by atoms with Gasteiger partial charge in [0.2, 0.25) is 0 Å². The van der Waals surface area contributed by atoms with Crippen LogP contribution in [0.4, 0.5) is 0 Å². The van der Waals surface area contributed by atoms with Crippen LogP contribution in [0.1, 0.15) is 28.3 Å². The van der Waals surface area contributed by atoms with E-state index in [4.69, 9.17) is 11.6 Å². The lowest BCUT2D eigenvalue weighted by Crippen LogP contribution is -2.25. The number of carbonyl (C=O) groups is 1. The molecule has 1 aliphatic heterocycles. The Kier molecular flexibility index (Phi) is 4.23. The second-order valence-electron chi connectivity index (χ2n) is 6.35. The molecule has 130 valence electrons. The van der Waals surface area contributed by atoms with Crippen LogP contribution in [-0.2, 0) is 26.7 Å². The van der Waals surface area contributed by atoms with Gasteiger partial charge in [0.25, 0.3) is 5.91 Å². The average molecular weight is 358 g/mol. The van der Waals surface area contributed by atoms with E-state index in [1.54, 1.807) is 0 Å². The molecule has 0 saturated carbocycles. The molecule has 0 spiro atoms. The number of halogens is 1. The molecule has 0 fully saturated rings. The summed E-state index contributed by atoms with van der Waals surface area (Å²) in [7, 11) is 1.87. The second kappa shape index (κ2) is 6.54. The summed E-state index contributed by atoms with van der Waals surface area (Å²) < 4.78 is 3.89. The first-order valence-corrected chi connectivity index (χ1v) is 8.79. The summed E-state index contributed by atoms with van der Waals surface area (Å²) in [5.41, 5.74) is 3.60. The predicted octanol–water partition coefficient (Wildman–Crippen LogP) is 2.45. The fraction of sp³-hybridized carbons (Fsp3) is 0.333. The van der Waals surface area contributed by atoms with E-state index in [0.29, 0.717) is 17.3 Å². The highest BCUT2D eigenvalue weighted by Crippen LogP contribution is 2.22. The fourth-order valence-electron chi connectivity index (χ4n) is 3.29. The van der Waals surface area contributed by atoms with Crippen molar-refractivity contribution in [2.24, 2.45) is 7.05 Å². The Morgan fingerprint density at radius 1 is 1.36 bits per heavy atom. The van der Waals surface area contributed by atoms with Crippen molar-refractivity contribution in [1.29, 1.82) is 0 Å². The highest BCUT2D eigenvalue weighted by Gasteiger charge is 2.15. The Morgan fingerprint density at radius 3 is 3.12 bits per heavy atom. The number of hydrogen-bond donors (Lipinski definition) is 2. The Labute approximate surface area is 150 Å². The molecule has 7 heteroatoms. The minimum Gasteiger partial charge on any atom is -0.345 e. The maximum Gasteiger partial charge on any atom is 0.268 e. The van der Waals surface area contributed by atoms with Gasteiger partial charge in [-0.15, -0.1) is 0 Å². The van der Waals surface area contributed by atoms with E-state index >= 15 is 0 Å². The number of aromatic nitrogens is 3. The van der Waals surface area contributed by atoms with Crippen molar-refractivity contribution in [1.82, 2.24) is 25.0 Å². The highest BCUT2D eigenvalue weighted by atomic mass is 35.5. The van der Waals surface area contributed by atoms with E-state index in [2.05, 4.69) is 21.8 Å². The zero-order valence-corrected chi connectivity index (χ0v) is 14.8. The molecule has 0 saturated heterocycles. The van der Waals surface area contributed by atoms with Crippen molar-refractivity contribution in [3.8, 4) is 0 Å². The van der Waals surface area contributed by atoms with Gasteiger partial charge in [0.05, 0.1) is 17.9 Å². The van der Waals surface area contributed by atoms with E-state index in [1.165, 1.54) is 5.69 Å². The molecule has 0 atom stereocenters.